The minimum atomic E-state index is 0.310. The molecule has 96 valence electrons. The monoisotopic (exact) mass is 226 g/mol. The molecule has 0 aliphatic carbocycles. The Morgan fingerprint density at radius 1 is 1.12 bits per heavy atom. The van der Waals surface area contributed by atoms with Gasteiger partial charge in [0.15, 0.2) is 0 Å². The summed E-state index contributed by atoms with van der Waals surface area (Å²) < 4.78 is 0. The fourth-order valence-corrected chi connectivity index (χ4v) is 2.90. The van der Waals surface area contributed by atoms with Crippen LogP contribution in [-0.2, 0) is 0 Å². The fraction of sp³-hybridized carbons (Fsp3) is 1.00. The van der Waals surface area contributed by atoms with Crippen LogP contribution in [0, 0.1) is 0 Å². The van der Waals surface area contributed by atoms with Crippen molar-refractivity contribution in [1.82, 2.24) is 10.2 Å². The van der Waals surface area contributed by atoms with E-state index in [2.05, 4.69) is 37.9 Å². The van der Waals surface area contributed by atoms with E-state index >= 15 is 0 Å². The molecule has 0 bridgehead atoms. The Morgan fingerprint density at radius 2 is 1.75 bits per heavy atom. The fourth-order valence-electron chi connectivity index (χ4n) is 2.90. The molecule has 0 saturated carbocycles. The second-order valence-electron chi connectivity index (χ2n) is 5.62. The Kier molecular flexibility index (Phi) is 5.77. The predicted molar refractivity (Wildman–Crippen MR) is 71.9 cm³/mol. The number of hydrogen-bond acceptors (Lipinski definition) is 2. The van der Waals surface area contributed by atoms with Crippen molar-refractivity contribution >= 4 is 0 Å². The third-order valence-electron chi connectivity index (χ3n) is 4.07. The van der Waals surface area contributed by atoms with Crippen LogP contribution in [0.4, 0.5) is 0 Å². The number of nitrogens with zero attached hydrogens (tertiary/aromatic N) is 1. The van der Waals surface area contributed by atoms with E-state index in [1.807, 2.05) is 0 Å². The maximum absolute atomic E-state index is 3.71. The van der Waals surface area contributed by atoms with Crippen LogP contribution in [0.2, 0.25) is 0 Å². The first kappa shape index (κ1) is 14.0. The highest BCUT2D eigenvalue weighted by Gasteiger charge is 2.34. The average Bonchev–Trinajstić information content (AvgIpc) is 2.31. The topological polar surface area (TPSA) is 15.3 Å². The molecule has 1 fully saturated rings. The van der Waals surface area contributed by atoms with Crippen LogP contribution in [-0.4, -0.2) is 36.1 Å². The molecule has 1 aliphatic rings. The molecule has 0 radical (unpaired) electrons. The lowest BCUT2D eigenvalue weighted by molar-refractivity contribution is 0.0598. The summed E-state index contributed by atoms with van der Waals surface area (Å²) >= 11 is 0. The van der Waals surface area contributed by atoms with Gasteiger partial charge in [-0.3, -0.25) is 4.90 Å². The van der Waals surface area contributed by atoms with Gasteiger partial charge in [0, 0.05) is 11.6 Å². The summed E-state index contributed by atoms with van der Waals surface area (Å²) in [5, 5.41) is 3.71. The highest BCUT2D eigenvalue weighted by atomic mass is 15.2. The lowest BCUT2D eigenvalue weighted by Gasteiger charge is -2.46. The van der Waals surface area contributed by atoms with Crippen molar-refractivity contribution in [3.05, 3.63) is 0 Å². The van der Waals surface area contributed by atoms with Gasteiger partial charge in [-0.2, -0.15) is 0 Å². The number of nitrogens with one attached hydrogen (secondary N) is 1. The molecule has 1 aliphatic heterocycles. The van der Waals surface area contributed by atoms with E-state index in [1.165, 1.54) is 45.2 Å². The molecule has 1 heterocycles. The second-order valence-corrected chi connectivity index (χ2v) is 5.62. The van der Waals surface area contributed by atoms with Crippen molar-refractivity contribution in [2.24, 2.45) is 0 Å². The van der Waals surface area contributed by atoms with Crippen LogP contribution in [0.3, 0.4) is 0 Å². The van der Waals surface area contributed by atoms with E-state index in [0.717, 1.165) is 6.54 Å². The van der Waals surface area contributed by atoms with Crippen LogP contribution in [0.25, 0.3) is 0 Å². The Labute approximate surface area is 102 Å². The first-order valence-electron chi connectivity index (χ1n) is 7.11. The molecule has 0 aromatic rings. The third-order valence-corrected chi connectivity index (χ3v) is 4.07. The zero-order valence-corrected chi connectivity index (χ0v) is 11.7. The summed E-state index contributed by atoms with van der Waals surface area (Å²) in [5.41, 5.74) is 0.310. The molecular formula is C14H30N2. The van der Waals surface area contributed by atoms with E-state index in [9.17, 15) is 0 Å². The normalized spacial score (nSPS) is 21.0. The Bertz CT molecular complexity index is 183. The highest BCUT2D eigenvalue weighted by molar-refractivity contribution is 4.93. The largest absolute Gasteiger partial charge is 0.312 e. The zero-order valence-electron chi connectivity index (χ0n) is 11.7. The van der Waals surface area contributed by atoms with Gasteiger partial charge in [-0.25, -0.2) is 0 Å². The van der Waals surface area contributed by atoms with Crippen molar-refractivity contribution in [1.29, 1.82) is 0 Å². The summed E-state index contributed by atoms with van der Waals surface area (Å²) in [7, 11) is 0. The standard InChI is InChI=1S/C14H30N2/c1-5-10-15-13(6-2)14(3,4)16-11-8-7-9-12-16/h13,15H,5-12H2,1-4H3. The molecule has 0 aromatic carbocycles. The van der Waals surface area contributed by atoms with Gasteiger partial charge in [0.05, 0.1) is 0 Å². The van der Waals surface area contributed by atoms with Crippen molar-refractivity contribution in [2.45, 2.75) is 71.4 Å². The van der Waals surface area contributed by atoms with E-state index in [4.69, 9.17) is 0 Å². The lowest BCUT2D eigenvalue weighted by Crippen LogP contribution is -2.58. The van der Waals surface area contributed by atoms with Crippen molar-refractivity contribution in [3.8, 4) is 0 Å². The predicted octanol–water partition coefficient (Wildman–Crippen LogP) is 3.03. The first-order valence-corrected chi connectivity index (χ1v) is 7.11. The molecule has 1 N–H and O–H groups in total. The van der Waals surface area contributed by atoms with Gasteiger partial charge < -0.3 is 5.32 Å². The summed E-state index contributed by atoms with van der Waals surface area (Å²) in [6.07, 6.45) is 6.64. The van der Waals surface area contributed by atoms with Crippen LogP contribution < -0.4 is 5.32 Å². The van der Waals surface area contributed by atoms with Gasteiger partial charge >= 0.3 is 0 Å². The Balaban J connectivity index is 2.56. The van der Waals surface area contributed by atoms with Gasteiger partial charge in [0.25, 0.3) is 0 Å². The highest BCUT2D eigenvalue weighted by Crippen LogP contribution is 2.25. The molecule has 1 unspecified atom stereocenters. The van der Waals surface area contributed by atoms with E-state index in [1.54, 1.807) is 0 Å². The first-order chi connectivity index (χ1) is 7.62. The van der Waals surface area contributed by atoms with Gasteiger partial charge in [-0.15, -0.1) is 0 Å². The maximum atomic E-state index is 3.71. The summed E-state index contributed by atoms with van der Waals surface area (Å²) in [6.45, 7) is 13.1. The minimum Gasteiger partial charge on any atom is -0.312 e. The van der Waals surface area contributed by atoms with Gasteiger partial charge in [0.1, 0.15) is 0 Å². The summed E-state index contributed by atoms with van der Waals surface area (Å²) in [6, 6.07) is 0.630. The Hall–Kier alpha value is -0.0800. The maximum Gasteiger partial charge on any atom is 0.0306 e. The van der Waals surface area contributed by atoms with Gasteiger partial charge in [-0.05, 0) is 59.2 Å². The van der Waals surface area contributed by atoms with Crippen molar-refractivity contribution in [3.63, 3.8) is 0 Å². The zero-order chi connectivity index (χ0) is 12.0. The molecule has 0 aromatic heterocycles. The molecule has 0 spiro atoms. The SMILES string of the molecule is CCCNC(CC)C(C)(C)N1CCCCC1. The number of hydrogen-bond donors (Lipinski definition) is 1. The molecule has 2 nitrogen and oxygen atoms in total. The van der Waals surface area contributed by atoms with E-state index < -0.39 is 0 Å². The van der Waals surface area contributed by atoms with Gasteiger partial charge in [-0.1, -0.05) is 20.3 Å². The lowest BCUT2D eigenvalue weighted by atomic mass is 9.88. The van der Waals surface area contributed by atoms with Crippen molar-refractivity contribution in [2.75, 3.05) is 19.6 Å². The van der Waals surface area contributed by atoms with Gasteiger partial charge in [0.2, 0.25) is 0 Å². The quantitative estimate of drug-likeness (QED) is 0.749. The molecule has 2 heteroatoms. The molecule has 1 rings (SSSR count). The summed E-state index contributed by atoms with van der Waals surface area (Å²) in [5.74, 6) is 0. The number of piperidine rings is 1. The van der Waals surface area contributed by atoms with Crippen molar-refractivity contribution < 1.29 is 0 Å². The van der Waals surface area contributed by atoms with Crippen LogP contribution >= 0.6 is 0 Å². The third kappa shape index (κ3) is 3.46. The van der Waals surface area contributed by atoms with Crippen LogP contribution in [0.15, 0.2) is 0 Å². The van der Waals surface area contributed by atoms with E-state index in [0.29, 0.717) is 11.6 Å². The van der Waals surface area contributed by atoms with Crippen LogP contribution in [0.1, 0.15) is 59.8 Å². The molecule has 16 heavy (non-hydrogen) atoms. The van der Waals surface area contributed by atoms with E-state index in [-0.39, 0.29) is 0 Å². The molecule has 1 saturated heterocycles. The molecule has 0 amide bonds. The summed E-state index contributed by atoms with van der Waals surface area (Å²) in [4.78, 5) is 2.69. The minimum absolute atomic E-state index is 0.310. The number of likely N-dealkylation sites (tertiary alicyclic amines) is 1. The smallest absolute Gasteiger partial charge is 0.0306 e. The Morgan fingerprint density at radius 3 is 2.25 bits per heavy atom. The molecular weight excluding hydrogens is 196 g/mol. The van der Waals surface area contributed by atoms with Crippen LogP contribution in [0.5, 0.6) is 0 Å². The average molecular weight is 226 g/mol. The number of rotatable bonds is 6. The second kappa shape index (κ2) is 6.61. The molecule has 1 atom stereocenters.